The van der Waals surface area contributed by atoms with Crippen molar-refractivity contribution in [3.05, 3.63) is 23.8 Å². The Morgan fingerprint density at radius 3 is 2.93 bits per heavy atom. The molecule has 1 fully saturated rings. The molecule has 82 valence electrons. The van der Waals surface area contributed by atoms with Crippen LogP contribution in [0, 0.1) is 0 Å². The fourth-order valence-corrected chi connectivity index (χ4v) is 1.90. The summed E-state index contributed by atoms with van der Waals surface area (Å²) in [6.07, 6.45) is 3.26. The van der Waals surface area contributed by atoms with Crippen LogP contribution in [-0.4, -0.2) is 18.8 Å². The Hall–Kier alpha value is -1.22. The third-order valence-corrected chi connectivity index (χ3v) is 2.76. The van der Waals surface area contributed by atoms with Gasteiger partial charge in [-0.25, -0.2) is 0 Å². The molecular weight excluding hydrogens is 192 g/mol. The van der Waals surface area contributed by atoms with Gasteiger partial charge in [0.05, 0.1) is 13.2 Å². The normalized spacial score (nSPS) is 21.3. The van der Waals surface area contributed by atoms with Crippen molar-refractivity contribution in [1.82, 2.24) is 0 Å². The van der Waals surface area contributed by atoms with Crippen LogP contribution >= 0.6 is 0 Å². The lowest BCUT2D eigenvalue weighted by molar-refractivity contribution is 0.0135. The standard InChI is InChI=1S/C12H16O3/c1-14-9-5-6-11(13)10(8-9)12-4-2-3-7-15-12/h5-6,8,12-13H,2-4,7H2,1H3. The van der Waals surface area contributed by atoms with Crippen molar-refractivity contribution < 1.29 is 14.6 Å². The Morgan fingerprint density at radius 2 is 2.27 bits per heavy atom. The van der Waals surface area contributed by atoms with Gasteiger partial charge < -0.3 is 14.6 Å². The minimum absolute atomic E-state index is 0.0221. The zero-order valence-corrected chi connectivity index (χ0v) is 8.90. The Balaban J connectivity index is 2.24. The number of hydrogen-bond acceptors (Lipinski definition) is 3. The third kappa shape index (κ3) is 2.23. The van der Waals surface area contributed by atoms with E-state index in [-0.39, 0.29) is 6.10 Å². The first kappa shape index (κ1) is 10.3. The maximum absolute atomic E-state index is 9.75. The first-order valence-electron chi connectivity index (χ1n) is 5.30. The summed E-state index contributed by atoms with van der Waals surface area (Å²) in [4.78, 5) is 0. The van der Waals surface area contributed by atoms with Gasteiger partial charge in [-0.15, -0.1) is 0 Å². The van der Waals surface area contributed by atoms with Gasteiger partial charge >= 0.3 is 0 Å². The predicted octanol–water partition coefficient (Wildman–Crippen LogP) is 2.64. The minimum atomic E-state index is 0.0221. The Kier molecular flexibility index (Phi) is 3.11. The number of rotatable bonds is 2. The van der Waals surface area contributed by atoms with Crippen molar-refractivity contribution in [2.75, 3.05) is 13.7 Å². The fraction of sp³-hybridized carbons (Fsp3) is 0.500. The number of phenolic OH excluding ortho intramolecular Hbond substituents is 1. The summed E-state index contributed by atoms with van der Waals surface area (Å²) in [5, 5.41) is 9.75. The smallest absolute Gasteiger partial charge is 0.121 e. The molecule has 3 heteroatoms. The number of benzene rings is 1. The quantitative estimate of drug-likeness (QED) is 0.812. The van der Waals surface area contributed by atoms with Gasteiger partial charge in [0, 0.05) is 12.2 Å². The molecule has 1 saturated heterocycles. The highest BCUT2D eigenvalue weighted by Crippen LogP contribution is 2.35. The highest BCUT2D eigenvalue weighted by atomic mass is 16.5. The molecule has 1 aliphatic rings. The summed E-state index contributed by atoms with van der Waals surface area (Å²) in [7, 11) is 1.62. The lowest BCUT2D eigenvalue weighted by Crippen LogP contribution is -2.11. The molecule has 1 heterocycles. The number of aromatic hydroxyl groups is 1. The fourth-order valence-electron chi connectivity index (χ4n) is 1.90. The van der Waals surface area contributed by atoms with Gasteiger partial charge in [-0.2, -0.15) is 0 Å². The molecule has 0 saturated carbocycles. The van der Waals surface area contributed by atoms with E-state index in [1.54, 1.807) is 19.2 Å². The van der Waals surface area contributed by atoms with E-state index in [2.05, 4.69) is 0 Å². The van der Waals surface area contributed by atoms with Crippen molar-refractivity contribution in [2.45, 2.75) is 25.4 Å². The van der Waals surface area contributed by atoms with Crippen LogP contribution in [0.15, 0.2) is 18.2 Å². The SMILES string of the molecule is COc1ccc(O)c(C2CCCCO2)c1. The molecule has 0 amide bonds. The molecule has 3 nitrogen and oxygen atoms in total. The minimum Gasteiger partial charge on any atom is -0.508 e. The zero-order chi connectivity index (χ0) is 10.7. The van der Waals surface area contributed by atoms with Crippen LogP contribution in [0.5, 0.6) is 11.5 Å². The van der Waals surface area contributed by atoms with Gasteiger partial charge in [-0.3, -0.25) is 0 Å². The predicted molar refractivity (Wildman–Crippen MR) is 57.2 cm³/mol. The average molecular weight is 208 g/mol. The van der Waals surface area contributed by atoms with E-state index in [4.69, 9.17) is 9.47 Å². The maximum atomic E-state index is 9.75. The lowest BCUT2D eigenvalue weighted by atomic mass is 10.0. The summed E-state index contributed by atoms with van der Waals surface area (Å²) in [6.45, 7) is 0.779. The largest absolute Gasteiger partial charge is 0.508 e. The number of phenols is 1. The van der Waals surface area contributed by atoms with Gasteiger partial charge in [0.25, 0.3) is 0 Å². The average Bonchev–Trinajstić information content (AvgIpc) is 2.31. The number of hydrogen-bond donors (Lipinski definition) is 1. The van der Waals surface area contributed by atoms with Crippen molar-refractivity contribution in [1.29, 1.82) is 0 Å². The van der Waals surface area contributed by atoms with E-state index in [1.807, 2.05) is 6.07 Å². The number of methoxy groups -OCH3 is 1. The molecule has 0 bridgehead atoms. The molecule has 1 unspecified atom stereocenters. The first-order chi connectivity index (χ1) is 7.31. The molecule has 0 radical (unpaired) electrons. The zero-order valence-electron chi connectivity index (χ0n) is 8.90. The molecule has 0 spiro atoms. The molecule has 0 aliphatic carbocycles. The van der Waals surface area contributed by atoms with Crippen LogP contribution in [0.3, 0.4) is 0 Å². The van der Waals surface area contributed by atoms with E-state index < -0.39 is 0 Å². The van der Waals surface area contributed by atoms with Crippen molar-refractivity contribution in [3.8, 4) is 11.5 Å². The highest BCUT2D eigenvalue weighted by molar-refractivity contribution is 5.40. The molecule has 1 aromatic rings. The topological polar surface area (TPSA) is 38.7 Å². The summed E-state index contributed by atoms with van der Waals surface area (Å²) in [5.74, 6) is 1.06. The Morgan fingerprint density at radius 1 is 1.40 bits per heavy atom. The van der Waals surface area contributed by atoms with Crippen LogP contribution in [0.2, 0.25) is 0 Å². The first-order valence-corrected chi connectivity index (χ1v) is 5.30. The van der Waals surface area contributed by atoms with E-state index in [0.29, 0.717) is 5.75 Å². The molecular formula is C12H16O3. The maximum Gasteiger partial charge on any atom is 0.121 e. The summed E-state index contributed by atoms with van der Waals surface area (Å²) in [5.41, 5.74) is 0.842. The second-order valence-corrected chi connectivity index (χ2v) is 3.78. The van der Waals surface area contributed by atoms with Gasteiger partial charge in [0.1, 0.15) is 11.5 Å². The lowest BCUT2D eigenvalue weighted by Gasteiger charge is -2.23. The van der Waals surface area contributed by atoms with E-state index >= 15 is 0 Å². The summed E-state index contributed by atoms with van der Waals surface area (Å²) < 4.78 is 10.8. The van der Waals surface area contributed by atoms with Crippen LogP contribution in [-0.2, 0) is 4.74 Å². The van der Waals surface area contributed by atoms with Gasteiger partial charge in [0.15, 0.2) is 0 Å². The van der Waals surface area contributed by atoms with Crippen LogP contribution in [0.4, 0.5) is 0 Å². The molecule has 15 heavy (non-hydrogen) atoms. The Bertz CT molecular complexity index is 330. The third-order valence-electron chi connectivity index (χ3n) is 2.76. The van der Waals surface area contributed by atoms with E-state index in [0.717, 1.165) is 37.2 Å². The van der Waals surface area contributed by atoms with Crippen LogP contribution in [0.25, 0.3) is 0 Å². The van der Waals surface area contributed by atoms with Gasteiger partial charge in [-0.05, 0) is 37.5 Å². The monoisotopic (exact) mass is 208 g/mol. The van der Waals surface area contributed by atoms with E-state index in [9.17, 15) is 5.11 Å². The van der Waals surface area contributed by atoms with Crippen LogP contribution in [0.1, 0.15) is 30.9 Å². The van der Waals surface area contributed by atoms with Crippen LogP contribution < -0.4 is 4.74 Å². The molecule has 0 aromatic heterocycles. The van der Waals surface area contributed by atoms with Crippen molar-refractivity contribution in [3.63, 3.8) is 0 Å². The van der Waals surface area contributed by atoms with E-state index in [1.165, 1.54) is 0 Å². The molecule has 1 aromatic carbocycles. The second kappa shape index (κ2) is 4.53. The van der Waals surface area contributed by atoms with Gasteiger partial charge in [-0.1, -0.05) is 0 Å². The highest BCUT2D eigenvalue weighted by Gasteiger charge is 2.19. The van der Waals surface area contributed by atoms with Gasteiger partial charge in [0.2, 0.25) is 0 Å². The molecule has 1 N–H and O–H groups in total. The summed E-state index contributed by atoms with van der Waals surface area (Å²) in [6, 6.07) is 5.26. The van der Waals surface area contributed by atoms with Crippen molar-refractivity contribution >= 4 is 0 Å². The molecule has 1 atom stereocenters. The Labute approximate surface area is 89.6 Å². The molecule has 1 aliphatic heterocycles. The molecule has 2 rings (SSSR count). The number of ether oxygens (including phenoxy) is 2. The second-order valence-electron chi connectivity index (χ2n) is 3.78. The van der Waals surface area contributed by atoms with Crippen molar-refractivity contribution in [2.24, 2.45) is 0 Å². The summed E-state index contributed by atoms with van der Waals surface area (Å²) >= 11 is 0.